The van der Waals surface area contributed by atoms with Gasteiger partial charge in [-0.1, -0.05) is 0 Å². The highest BCUT2D eigenvalue weighted by Gasteiger charge is 2.01. The number of nitrogens with zero attached hydrogens (tertiary/aromatic N) is 2. The van der Waals surface area contributed by atoms with Crippen molar-refractivity contribution in [3.8, 4) is 0 Å². The fourth-order valence-electron chi connectivity index (χ4n) is 0.790. The van der Waals surface area contributed by atoms with Crippen LogP contribution in [0.25, 0.3) is 0 Å². The number of aryl methyl sites for hydroxylation is 2. The van der Waals surface area contributed by atoms with Crippen molar-refractivity contribution < 1.29 is 0 Å². The first kappa shape index (κ1) is 6.76. The SMILES string of the molecule is Cc1nn(C)c(C)c1P. The van der Waals surface area contributed by atoms with E-state index in [9.17, 15) is 0 Å². The molecule has 0 saturated carbocycles. The first-order valence-electron chi connectivity index (χ1n) is 2.88. The van der Waals surface area contributed by atoms with E-state index >= 15 is 0 Å². The average molecular weight is 142 g/mol. The molecular formula is C6H11N2P. The molecule has 1 rings (SSSR count). The summed E-state index contributed by atoms with van der Waals surface area (Å²) in [6.07, 6.45) is 0. The second-order valence-electron chi connectivity index (χ2n) is 2.21. The van der Waals surface area contributed by atoms with Crippen LogP contribution in [-0.4, -0.2) is 9.78 Å². The average Bonchev–Trinajstić information content (AvgIpc) is 1.98. The highest BCUT2D eigenvalue weighted by atomic mass is 31.0. The Morgan fingerprint density at radius 1 is 1.44 bits per heavy atom. The molecule has 9 heavy (non-hydrogen) atoms. The van der Waals surface area contributed by atoms with Gasteiger partial charge in [-0.05, 0) is 13.8 Å². The van der Waals surface area contributed by atoms with Gasteiger partial charge in [-0.3, -0.25) is 4.68 Å². The minimum absolute atomic E-state index is 1.10. The van der Waals surface area contributed by atoms with Gasteiger partial charge in [0.25, 0.3) is 0 Å². The summed E-state index contributed by atoms with van der Waals surface area (Å²) in [5, 5.41) is 5.43. The maximum Gasteiger partial charge on any atom is 0.0667 e. The van der Waals surface area contributed by atoms with Crippen LogP contribution in [0.5, 0.6) is 0 Å². The third kappa shape index (κ3) is 0.994. The van der Waals surface area contributed by atoms with E-state index in [2.05, 4.69) is 21.3 Å². The van der Waals surface area contributed by atoms with Crippen LogP contribution in [0.4, 0.5) is 0 Å². The van der Waals surface area contributed by atoms with Gasteiger partial charge in [0.15, 0.2) is 0 Å². The van der Waals surface area contributed by atoms with Gasteiger partial charge in [0.05, 0.1) is 5.69 Å². The molecule has 0 saturated heterocycles. The van der Waals surface area contributed by atoms with Crippen molar-refractivity contribution >= 4 is 14.5 Å². The smallest absolute Gasteiger partial charge is 0.0667 e. The Morgan fingerprint density at radius 3 is 2.11 bits per heavy atom. The molecule has 50 valence electrons. The van der Waals surface area contributed by atoms with Crippen LogP contribution in [0.15, 0.2) is 0 Å². The predicted molar refractivity (Wildman–Crippen MR) is 42.0 cm³/mol. The van der Waals surface area contributed by atoms with E-state index < -0.39 is 0 Å². The summed E-state index contributed by atoms with van der Waals surface area (Å²) < 4.78 is 1.89. The molecule has 1 aromatic rings. The molecule has 1 heterocycles. The molecule has 0 amide bonds. The van der Waals surface area contributed by atoms with Crippen LogP contribution >= 0.6 is 9.24 Å². The monoisotopic (exact) mass is 142 g/mol. The van der Waals surface area contributed by atoms with Gasteiger partial charge in [-0.15, -0.1) is 9.24 Å². The van der Waals surface area contributed by atoms with E-state index in [1.54, 1.807) is 0 Å². The van der Waals surface area contributed by atoms with Crippen molar-refractivity contribution in [2.45, 2.75) is 13.8 Å². The van der Waals surface area contributed by atoms with Gasteiger partial charge < -0.3 is 0 Å². The lowest BCUT2D eigenvalue weighted by Gasteiger charge is -1.90. The molecule has 0 N–H and O–H groups in total. The van der Waals surface area contributed by atoms with E-state index in [-0.39, 0.29) is 0 Å². The summed E-state index contributed by atoms with van der Waals surface area (Å²) in [6, 6.07) is 0. The summed E-state index contributed by atoms with van der Waals surface area (Å²) in [7, 11) is 4.64. The van der Waals surface area contributed by atoms with Crippen LogP contribution in [0.1, 0.15) is 11.4 Å². The highest BCUT2D eigenvalue weighted by molar-refractivity contribution is 7.27. The molecule has 1 atom stereocenters. The number of hydrogen-bond acceptors (Lipinski definition) is 1. The zero-order valence-electron chi connectivity index (χ0n) is 5.97. The van der Waals surface area contributed by atoms with E-state index in [0.717, 1.165) is 5.69 Å². The van der Waals surface area contributed by atoms with Gasteiger partial charge in [-0.2, -0.15) is 5.10 Å². The third-order valence-electron chi connectivity index (χ3n) is 1.56. The lowest BCUT2D eigenvalue weighted by molar-refractivity contribution is 0.731. The van der Waals surface area contributed by atoms with Gasteiger partial charge in [0, 0.05) is 18.0 Å². The van der Waals surface area contributed by atoms with Crippen LogP contribution < -0.4 is 5.30 Å². The lowest BCUT2D eigenvalue weighted by Crippen LogP contribution is -1.97. The van der Waals surface area contributed by atoms with Crippen molar-refractivity contribution in [3.63, 3.8) is 0 Å². The molecule has 0 bridgehead atoms. The Labute approximate surface area is 57.5 Å². The first-order chi connectivity index (χ1) is 4.13. The zero-order chi connectivity index (χ0) is 7.02. The first-order valence-corrected chi connectivity index (χ1v) is 3.46. The predicted octanol–water partition coefficient (Wildman–Crippen LogP) is 0.537. The molecule has 0 fully saturated rings. The Morgan fingerprint density at radius 2 is 2.00 bits per heavy atom. The van der Waals surface area contributed by atoms with E-state index in [0.29, 0.717) is 0 Å². The maximum absolute atomic E-state index is 4.21. The molecule has 0 aliphatic carbocycles. The van der Waals surface area contributed by atoms with Gasteiger partial charge in [-0.25, -0.2) is 0 Å². The van der Waals surface area contributed by atoms with Gasteiger partial charge >= 0.3 is 0 Å². The molecule has 0 aromatic carbocycles. The normalized spacial score (nSPS) is 10.2. The molecular weight excluding hydrogens is 131 g/mol. The third-order valence-corrected chi connectivity index (χ3v) is 2.40. The van der Waals surface area contributed by atoms with Crippen LogP contribution in [0.3, 0.4) is 0 Å². The summed E-state index contributed by atoms with van der Waals surface area (Å²) in [5.74, 6) is 0. The van der Waals surface area contributed by atoms with Crippen LogP contribution in [-0.2, 0) is 7.05 Å². The Kier molecular flexibility index (Phi) is 1.58. The molecule has 0 aliphatic heterocycles. The fraction of sp³-hybridized carbons (Fsp3) is 0.500. The summed E-state index contributed by atoms with van der Waals surface area (Å²) in [5.41, 5.74) is 2.32. The second-order valence-corrected chi connectivity index (χ2v) is 2.79. The van der Waals surface area contributed by atoms with Gasteiger partial charge in [0.2, 0.25) is 0 Å². The summed E-state index contributed by atoms with van der Waals surface area (Å²) in [6.45, 7) is 4.07. The standard InChI is InChI=1S/C6H11N2P/c1-4-6(9)5(2)8(3)7-4/h9H2,1-3H3. The topological polar surface area (TPSA) is 17.8 Å². The number of rotatable bonds is 0. The molecule has 1 aromatic heterocycles. The molecule has 2 nitrogen and oxygen atoms in total. The summed E-state index contributed by atoms with van der Waals surface area (Å²) >= 11 is 0. The quantitative estimate of drug-likeness (QED) is 0.483. The molecule has 0 aliphatic rings. The van der Waals surface area contributed by atoms with Crippen molar-refractivity contribution in [3.05, 3.63) is 11.4 Å². The second kappa shape index (κ2) is 2.11. The Balaban J connectivity index is 3.29. The zero-order valence-corrected chi connectivity index (χ0v) is 7.13. The minimum atomic E-state index is 1.10. The Bertz CT molecular complexity index is 205. The van der Waals surface area contributed by atoms with Crippen LogP contribution in [0.2, 0.25) is 0 Å². The molecule has 1 unspecified atom stereocenters. The summed E-state index contributed by atoms with van der Waals surface area (Å²) in [4.78, 5) is 0. The number of hydrogen-bond donors (Lipinski definition) is 0. The van der Waals surface area contributed by atoms with Gasteiger partial charge in [0.1, 0.15) is 0 Å². The molecule has 3 heteroatoms. The number of aromatic nitrogens is 2. The lowest BCUT2D eigenvalue weighted by atomic mass is 10.4. The Hall–Kier alpha value is -0.360. The minimum Gasteiger partial charge on any atom is -0.272 e. The largest absolute Gasteiger partial charge is 0.272 e. The van der Waals surface area contributed by atoms with E-state index in [1.165, 1.54) is 11.0 Å². The van der Waals surface area contributed by atoms with E-state index in [1.807, 2.05) is 18.7 Å². The van der Waals surface area contributed by atoms with E-state index in [4.69, 9.17) is 0 Å². The highest BCUT2D eigenvalue weighted by Crippen LogP contribution is 2.00. The van der Waals surface area contributed by atoms with Crippen molar-refractivity contribution in [1.82, 2.24) is 9.78 Å². The van der Waals surface area contributed by atoms with Crippen LogP contribution in [0, 0.1) is 13.8 Å². The fourth-order valence-corrected chi connectivity index (χ4v) is 1.03. The molecule has 0 radical (unpaired) electrons. The van der Waals surface area contributed by atoms with Crippen molar-refractivity contribution in [1.29, 1.82) is 0 Å². The molecule has 0 spiro atoms. The maximum atomic E-state index is 4.21. The van der Waals surface area contributed by atoms with Crippen molar-refractivity contribution in [2.24, 2.45) is 7.05 Å². The van der Waals surface area contributed by atoms with Crippen molar-refractivity contribution in [2.75, 3.05) is 0 Å².